The van der Waals surface area contributed by atoms with Crippen molar-refractivity contribution in [2.45, 2.75) is 17.6 Å². The first kappa shape index (κ1) is 14.2. The number of alkyl halides is 1. The van der Waals surface area contributed by atoms with Crippen molar-refractivity contribution in [2.24, 2.45) is 0 Å². The summed E-state index contributed by atoms with van der Waals surface area (Å²) in [6.07, 6.45) is 1.62. The molecule has 3 atom stereocenters. The van der Waals surface area contributed by atoms with Crippen LogP contribution in [0.3, 0.4) is 0 Å². The van der Waals surface area contributed by atoms with Crippen LogP contribution in [0.4, 0.5) is 0 Å². The lowest BCUT2D eigenvalue weighted by molar-refractivity contribution is -0.120. The van der Waals surface area contributed by atoms with Crippen molar-refractivity contribution in [1.82, 2.24) is 5.32 Å². The van der Waals surface area contributed by atoms with Crippen LogP contribution in [0.1, 0.15) is 17.9 Å². The largest absolute Gasteiger partial charge is 0.353 e. The number of hydrogen-bond acceptors (Lipinski definition) is 2. The molecule has 0 saturated carbocycles. The Morgan fingerprint density at radius 2 is 2.00 bits per heavy atom. The monoisotopic (exact) mass is 273 g/mol. The van der Waals surface area contributed by atoms with Gasteiger partial charge in [-0.25, -0.2) is 0 Å². The van der Waals surface area contributed by atoms with E-state index >= 15 is 0 Å². The molecule has 17 heavy (non-hydrogen) atoms. The molecule has 0 saturated heterocycles. The number of carbonyl (C=O) groups excluding carboxylic acids is 1. The molecule has 0 fully saturated rings. The third-order valence-corrected chi connectivity index (χ3v) is 4.20. The lowest BCUT2D eigenvalue weighted by atomic mass is 10.1. The van der Waals surface area contributed by atoms with Crippen LogP contribution in [0, 0.1) is 0 Å². The summed E-state index contributed by atoms with van der Waals surface area (Å²) in [5.74, 6) is -0.254. The number of amides is 1. The van der Waals surface area contributed by atoms with Crippen LogP contribution in [-0.4, -0.2) is 28.2 Å². The van der Waals surface area contributed by atoms with Gasteiger partial charge in [-0.15, -0.1) is 11.6 Å². The smallest absolute Gasteiger partial charge is 0.242 e. The van der Waals surface area contributed by atoms with Gasteiger partial charge < -0.3 is 5.32 Å². The maximum absolute atomic E-state index is 11.7. The van der Waals surface area contributed by atoms with E-state index in [2.05, 4.69) is 5.32 Å². The van der Waals surface area contributed by atoms with Crippen molar-refractivity contribution in [1.29, 1.82) is 0 Å². The van der Waals surface area contributed by atoms with Gasteiger partial charge in [-0.3, -0.25) is 9.00 Å². The topological polar surface area (TPSA) is 46.2 Å². The minimum atomic E-state index is -0.942. The molecule has 1 amide bonds. The van der Waals surface area contributed by atoms with Gasteiger partial charge in [0.05, 0.1) is 0 Å². The fourth-order valence-electron chi connectivity index (χ4n) is 1.22. The Hall–Kier alpha value is -0.870. The zero-order valence-corrected chi connectivity index (χ0v) is 11.4. The molecular weight excluding hydrogens is 258 g/mol. The molecule has 0 bridgehead atoms. The molecule has 3 nitrogen and oxygen atoms in total. The van der Waals surface area contributed by atoms with Crippen LogP contribution in [0.5, 0.6) is 0 Å². The van der Waals surface area contributed by atoms with Crippen molar-refractivity contribution in [2.75, 3.05) is 12.8 Å². The van der Waals surface area contributed by atoms with Crippen LogP contribution in [0.15, 0.2) is 30.3 Å². The molecule has 1 rings (SSSR count). The summed E-state index contributed by atoms with van der Waals surface area (Å²) < 4.78 is 11.1. The van der Waals surface area contributed by atoms with Crippen molar-refractivity contribution >= 4 is 28.3 Å². The molecular formula is C12H16ClNO2S. The van der Waals surface area contributed by atoms with Gasteiger partial charge in [-0.05, 0) is 12.5 Å². The highest BCUT2D eigenvalue weighted by molar-refractivity contribution is 7.84. The molecule has 1 aromatic rings. The number of benzene rings is 1. The summed E-state index contributed by atoms with van der Waals surface area (Å²) in [7, 11) is -0.942. The van der Waals surface area contributed by atoms with Crippen molar-refractivity contribution < 1.29 is 9.00 Å². The molecule has 0 aliphatic carbocycles. The average Bonchev–Trinajstić information content (AvgIpc) is 2.35. The van der Waals surface area contributed by atoms with Crippen molar-refractivity contribution in [3.8, 4) is 0 Å². The van der Waals surface area contributed by atoms with Gasteiger partial charge in [0.25, 0.3) is 0 Å². The van der Waals surface area contributed by atoms with Gasteiger partial charge >= 0.3 is 0 Å². The summed E-state index contributed by atoms with van der Waals surface area (Å²) in [5.41, 5.74) is 0.761. The lowest BCUT2D eigenvalue weighted by Crippen LogP contribution is -2.34. The second kappa shape index (κ2) is 6.77. The first-order valence-corrected chi connectivity index (χ1v) is 7.37. The molecule has 3 unspecified atom stereocenters. The number of rotatable bonds is 5. The zero-order chi connectivity index (χ0) is 12.8. The maximum Gasteiger partial charge on any atom is 0.242 e. The van der Waals surface area contributed by atoms with Gasteiger partial charge in [0, 0.05) is 28.9 Å². The second-order valence-electron chi connectivity index (χ2n) is 3.83. The van der Waals surface area contributed by atoms with Gasteiger partial charge in [0.15, 0.2) is 0 Å². The Bertz CT molecular complexity index is 397. The molecule has 5 heteroatoms. The minimum absolute atomic E-state index is 0.0707. The molecule has 0 spiro atoms. The second-order valence-corrected chi connectivity index (χ2v) is 6.07. The van der Waals surface area contributed by atoms with E-state index in [9.17, 15) is 9.00 Å². The predicted molar refractivity (Wildman–Crippen MR) is 71.6 cm³/mol. The predicted octanol–water partition coefficient (Wildman–Crippen LogP) is 1.85. The molecule has 0 aliphatic heterocycles. The van der Waals surface area contributed by atoms with E-state index in [0.29, 0.717) is 6.54 Å². The Morgan fingerprint density at radius 3 is 2.53 bits per heavy atom. The highest BCUT2D eigenvalue weighted by Crippen LogP contribution is 2.19. The average molecular weight is 274 g/mol. The SMILES string of the molecule is CC(CNC(=O)C(Cl)c1ccccc1)S(C)=O. The highest BCUT2D eigenvalue weighted by atomic mass is 35.5. The zero-order valence-electron chi connectivity index (χ0n) is 9.85. The van der Waals surface area contributed by atoms with Crippen LogP contribution >= 0.6 is 11.6 Å². The Morgan fingerprint density at radius 1 is 1.41 bits per heavy atom. The van der Waals surface area contributed by atoms with E-state index in [1.54, 1.807) is 18.4 Å². The van der Waals surface area contributed by atoms with E-state index in [1.807, 2.05) is 25.1 Å². The van der Waals surface area contributed by atoms with Gasteiger partial charge in [0.2, 0.25) is 5.91 Å². The molecule has 1 aromatic carbocycles. The fourth-order valence-corrected chi connectivity index (χ4v) is 1.77. The number of halogens is 1. The molecule has 94 valence electrons. The van der Waals surface area contributed by atoms with E-state index in [0.717, 1.165) is 5.56 Å². The summed E-state index contributed by atoms with van der Waals surface area (Å²) in [4.78, 5) is 11.7. The lowest BCUT2D eigenvalue weighted by Gasteiger charge is -2.13. The Balaban J connectivity index is 2.51. The summed E-state index contributed by atoms with van der Waals surface area (Å²) >= 11 is 6.03. The first-order chi connectivity index (χ1) is 8.02. The summed E-state index contributed by atoms with van der Waals surface area (Å²) in [6.45, 7) is 2.19. The Labute approximate surface area is 109 Å². The third kappa shape index (κ3) is 4.48. The summed E-state index contributed by atoms with van der Waals surface area (Å²) in [6, 6.07) is 9.15. The molecule has 0 radical (unpaired) electrons. The van der Waals surface area contributed by atoms with Gasteiger partial charge in [0.1, 0.15) is 5.38 Å². The quantitative estimate of drug-likeness (QED) is 0.833. The number of nitrogens with one attached hydrogen (secondary N) is 1. The first-order valence-electron chi connectivity index (χ1n) is 5.31. The standard InChI is InChI=1S/C12H16ClNO2S/c1-9(17(2)16)8-14-12(15)11(13)10-6-4-3-5-7-10/h3-7,9,11H,8H2,1-2H3,(H,14,15). The molecule has 0 aromatic heterocycles. The molecule has 1 N–H and O–H groups in total. The normalized spacial score (nSPS) is 15.9. The van der Waals surface area contributed by atoms with E-state index < -0.39 is 16.2 Å². The molecule has 0 aliphatic rings. The minimum Gasteiger partial charge on any atom is -0.353 e. The van der Waals surface area contributed by atoms with E-state index in [1.165, 1.54) is 0 Å². The highest BCUT2D eigenvalue weighted by Gasteiger charge is 2.18. The fraction of sp³-hybridized carbons (Fsp3) is 0.417. The number of hydrogen-bond donors (Lipinski definition) is 1. The van der Waals surface area contributed by atoms with Gasteiger partial charge in [-0.1, -0.05) is 30.3 Å². The van der Waals surface area contributed by atoms with E-state index in [4.69, 9.17) is 11.6 Å². The van der Waals surface area contributed by atoms with Crippen LogP contribution in [0.25, 0.3) is 0 Å². The third-order valence-electron chi connectivity index (χ3n) is 2.45. The van der Waals surface area contributed by atoms with Gasteiger partial charge in [-0.2, -0.15) is 0 Å². The van der Waals surface area contributed by atoms with Crippen molar-refractivity contribution in [3.05, 3.63) is 35.9 Å². The molecule has 0 heterocycles. The van der Waals surface area contributed by atoms with Crippen molar-refractivity contribution in [3.63, 3.8) is 0 Å². The number of carbonyl (C=O) groups is 1. The van der Waals surface area contributed by atoms with Crippen LogP contribution in [-0.2, 0) is 15.6 Å². The maximum atomic E-state index is 11.7. The Kier molecular flexibility index (Phi) is 5.65. The van der Waals surface area contributed by atoms with Crippen LogP contribution < -0.4 is 5.32 Å². The van der Waals surface area contributed by atoms with E-state index in [-0.39, 0.29) is 11.2 Å². The summed E-state index contributed by atoms with van der Waals surface area (Å²) in [5, 5.41) is 1.93. The van der Waals surface area contributed by atoms with Crippen LogP contribution in [0.2, 0.25) is 0 Å².